The van der Waals surface area contributed by atoms with E-state index in [2.05, 4.69) is 19.2 Å². The van der Waals surface area contributed by atoms with Crippen LogP contribution < -0.4 is 21.1 Å². The number of hydrogen-bond donors (Lipinski definition) is 3. The summed E-state index contributed by atoms with van der Waals surface area (Å²) in [6, 6.07) is 6.91. The molecule has 1 aromatic carbocycles. The SMILES string of the molecule is CC(C)NCc1cccc(OCC(=O)NC(N)=O)c1. The molecule has 1 rings (SSSR count). The maximum absolute atomic E-state index is 11.2. The molecule has 0 aromatic heterocycles. The number of primary amides is 1. The Bertz CT molecular complexity index is 447. The number of benzene rings is 1. The monoisotopic (exact) mass is 265 g/mol. The van der Waals surface area contributed by atoms with Crippen LogP contribution >= 0.6 is 0 Å². The first-order chi connectivity index (χ1) is 8.97. The molecule has 1 aromatic rings. The molecule has 6 nitrogen and oxygen atoms in total. The van der Waals surface area contributed by atoms with Gasteiger partial charge in [0, 0.05) is 12.6 Å². The number of imide groups is 1. The largest absolute Gasteiger partial charge is 0.484 e. The lowest BCUT2D eigenvalue weighted by molar-refractivity contribution is -0.121. The Morgan fingerprint density at radius 3 is 2.74 bits per heavy atom. The number of rotatable bonds is 6. The molecule has 6 heteroatoms. The third-order valence-corrected chi connectivity index (χ3v) is 2.25. The molecule has 0 heterocycles. The Labute approximate surface area is 112 Å². The van der Waals surface area contributed by atoms with Gasteiger partial charge in [-0.25, -0.2) is 4.79 Å². The normalized spacial score (nSPS) is 10.3. The molecule has 0 aliphatic heterocycles. The van der Waals surface area contributed by atoms with Gasteiger partial charge in [0.1, 0.15) is 5.75 Å². The van der Waals surface area contributed by atoms with Gasteiger partial charge in [-0.2, -0.15) is 0 Å². The molecule has 0 fully saturated rings. The number of nitrogens with two attached hydrogens (primary N) is 1. The number of ether oxygens (including phenoxy) is 1. The van der Waals surface area contributed by atoms with Crippen molar-refractivity contribution in [3.05, 3.63) is 29.8 Å². The van der Waals surface area contributed by atoms with Crippen LogP contribution in [-0.2, 0) is 11.3 Å². The molecular weight excluding hydrogens is 246 g/mol. The smallest absolute Gasteiger partial charge is 0.318 e. The highest BCUT2D eigenvalue weighted by atomic mass is 16.5. The van der Waals surface area contributed by atoms with E-state index in [0.717, 1.165) is 12.1 Å². The zero-order valence-electron chi connectivity index (χ0n) is 11.1. The average Bonchev–Trinajstić information content (AvgIpc) is 2.34. The second kappa shape index (κ2) is 7.38. The van der Waals surface area contributed by atoms with Gasteiger partial charge in [0.15, 0.2) is 6.61 Å². The summed E-state index contributed by atoms with van der Waals surface area (Å²) >= 11 is 0. The van der Waals surface area contributed by atoms with Crippen LogP contribution in [0.1, 0.15) is 19.4 Å². The van der Waals surface area contributed by atoms with Crippen molar-refractivity contribution in [2.75, 3.05) is 6.61 Å². The molecule has 0 bridgehead atoms. The third kappa shape index (κ3) is 6.42. The molecule has 0 spiro atoms. The summed E-state index contributed by atoms with van der Waals surface area (Å²) in [5, 5.41) is 5.21. The topological polar surface area (TPSA) is 93.4 Å². The molecular formula is C13H19N3O3. The Kier molecular flexibility index (Phi) is 5.81. The molecule has 3 amide bonds. The van der Waals surface area contributed by atoms with E-state index in [1.54, 1.807) is 6.07 Å². The summed E-state index contributed by atoms with van der Waals surface area (Å²) in [5.74, 6) is 0.000819. The minimum Gasteiger partial charge on any atom is -0.484 e. The van der Waals surface area contributed by atoms with Crippen LogP contribution in [0, 0.1) is 0 Å². The molecule has 0 aliphatic rings. The van der Waals surface area contributed by atoms with Crippen LogP contribution in [0.5, 0.6) is 5.75 Å². The van der Waals surface area contributed by atoms with E-state index in [9.17, 15) is 9.59 Å². The zero-order valence-corrected chi connectivity index (χ0v) is 11.1. The van der Waals surface area contributed by atoms with Gasteiger partial charge in [0.05, 0.1) is 0 Å². The third-order valence-electron chi connectivity index (χ3n) is 2.25. The molecule has 19 heavy (non-hydrogen) atoms. The predicted octanol–water partition coefficient (Wildman–Crippen LogP) is 0.758. The summed E-state index contributed by atoms with van der Waals surface area (Å²) in [5.41, 5.74) is 5.88. The molecule has 0 saturated heterocycles. The lowest BCUT2D eigenvalue weighted by Crippen LogP contribution is -2.38. The predicted molar refractivity (Wildman–Crippen MR) is 71.6 cm³/mol. The second-order valence-corrected chi connectivity index (χ2v) is 4.38. The first-order valence-electron chi connectivity index (χ1n) is 6.02. The average molecular weight is 265 g/mol. The van der Waals surface area contributed by atoms with Crippen molar-refractivity contribution in [3.8, 4) is 5.75 Å². The van der Waals surface area contributed by atoms with E-state index in [1.807, 2.05) is 23.5 Å². The van der Waals surface area contributed by atoms with Crippen LogP contribution in [-0.4, -0.2) is 24.6 Å². The van der Waals surface area contributed by atoms with Gasteiger partial charge in [0.2, 0.25) is 0 Å². The van der Waals surface area contributed by atoms with Crippen LogP contribution in [0.15, 0.2) is 24.3 Å². The quantitative estimate of drug-likeness (QED) is 0.708. The highest BCUT2D eigenvalue weighted by Crippen LogP contribution is 2.13. The van der Waals surface area contributed by atoms with E-state index in [1.165, 1.54) is 0 Å². The zero-order chi connectivity index (χ0) is 14.3. The highest BCUT2D eigenvalue weighted by molar-refractivity contribution is 5.94. The summed E-state index contributed by atoms with van der Waals surface area (Å²) in [7, 11) is 0. The fraction of sp³-hybridized carbons (Fsp3) is 0.385. The van der Waals surface area contributed by atoms with E-state index < -0.39 is 11.9 Å². The van der Waals surface area contributed by atoms with Gasteiger partial charge in [-0.3, -0.25) is 10.1 Å². The van der Waals surface area contributed by atoms with E-state index >= 15 is 0 Å². The molecule has 4 N–H and O–H groups in total. The number of urea groups is 1. The molecule has 0 aliphatic carbocycles. The fourth-order valence-electron chi connectivity index (χ4n) is 1.39. The van der Waals surface area contributed by atoms with Gasteiger partial charge >= 0.3 is 6.03 Å². The van der Waals surface area contributed by atoms with Crippen molar-refractivity contribution in [2.45, 2.75) is 26.4 Å². The Morgan fingerprint density at radius 1 is 1.37 bits per heavy atom. The van der Waals surface area contributed by atoms with E-state index in [0.29, 0.717) is 11.8 Å². The summed E-state index contributed by atoms with van der Waals surface area (Å²) in [6.45, 7) is 4.61. The maximum atomic E-state index is 11.2. The second-order valence-electron chi connectivity index (χ2n) is 4.38. The maximum Gasteiger partial charge on any atom is 0.318 e. The van der Waals surface area contributed by atoms with Crippen molar-refractivity contribution in [1.29, 1.82) is 0 Å². The molecule has 104 valence electrons. The Hall–Kier alpha value is -2.08. The Balaban J connectivity index is 2.48. The van der Waals surface area contributed by atoms with E-state index in [-0.39, 0.29) is 6.61 Å². The summed E-state index contributed by atoms with van der Waals surface area (Å²) in [4.78, 5) is 21.6. The lowest BCUT2D eigenvalue weighted by atomic mass is 10.2. The molecule has 0 radical (unpaired) electrons. The summed E-state index contributed by atoms with van der Waals surface area (Å²) in [6.07, 6.45) is 0. The van der Waals surface area contributed by atoms with Crippen molar-refractivity contribution >= 4 is 11.9 Å². The number of amides is 3. The van der Waals surface area contributed by atoms with Gasteiger partial charge in [0.25, 0.3) is 5.91 Å². The first kappa shape index (κ1) is 15.0. The number of carbonyl (C=O) groups excluding carboxylic acids is 2. The molecule has 0 unspecified atom stereocenters. The lowest BCUT2D eigenvalue weighted by Gasteiger charge is -2.10. The molecule has 0 atom stereocenters. The Morgan fingerprint density at radius 2 is 2.11 bits per heavy atom. The number of nitrogens with one attached hydrogen (secondary N) is 2. The van der Waals surface area contributed by atoms with Gasteiger partial charge < -0.3 is 15.8 Å². The van der Waals surface area contributed by atoms with Crippen molar-refractivity contribution in [1.82, 2.24) is 10.6 Å². The van der Waals surface area contributed by atoms with Crippen molar-refractivity contribution in [2.24, 2.45) is 5.73 Å². The van der Waals surface area contributed by atoms with Crippen LogP contribution in [0.4, 0.5) is 4.79 Å². The summed E-state index contributed by atoms with van der Waals surface area (Å²) < 4.78 is 5.27. The van der Waals surface area contributed by atoms with Crippen LogP contribution in [0.3, 0.4) is 0 Å². The number of carbonyl (C=O) groups is 2. The van der Waals surface area contributed by atoms with Crippen molar-refractivity contribution in [3.63, 3.8) is 0 Å². The van der Waals surface area contributed by atoms with Crippen LogP contribution in [0.2, 0.25) is 0 Å². The highest BCUT2D eigenvalue weighted by Gasteiger charge is 2.05. The van der Waals surface area contributed by atoms with E-state index in [4.69, 9.17) is 10.5 Å². The fourth-order valence-corrected chi connectivity index (χ4v) is 1.39. The number of hydrogen-bond acceptors (Lipinski definition) is 4. The minimum absolute atomic E-state index is 0.246. The standard InChI is InChI=1S/C13H19N3O3/c1-9(2)15-7-10-4-3-5-11(6-10)19-8-12(17)16-13(14)18/h3-6,9,15H,7-8H2,1-2H3,(H3,14,16,17,18). The molecule has 0 saturated carbocycles. The van der Waals surface area contributed by atoms with Crippen molar-refractivity contribution < 1.29 is 14.3 Å². The first-order valence-corrected chi connectivity index (χ1v) is 6.02. The van der Waals surface area contributed by atoms with Gasteiger partial charge in [-0.05, 0) is 17.7 Å². The minimum atomic E-state index is -0.886. The van der Waals surface area contributed by atoms with Gasteiger partial charge in [-0.1, -0.05) is 26.0 Å². The van der Waals surface area contributed by atoms with Crippen LogP contribution in [0.25, 0.3) is 0 Å². The van der Waals surface area contributed by atoms with Gasteiger partial charge in [-0.15, -0.1) is 0 Å².